The number of amides is 1. The zero-order valence-electron chi connectivity index (χ0n) is 17.9. The van der Waals surface area contributed by atoms with Crippen LogP contribution in [0.15, 0.2) is 30.6 Å². The SMILES string of the molecule is COC[C@H](C)Oc1nc(-c2cnn3ccccc23)nc(N[C@@H]2CCCN(C(=O)O)C2)c1F. The summed E-state index contributed by atoms with van der Waals surface area (Å²) in [5.74, 6) is -0.730. The molecule has 2 N–H and O–H groups in total. The molecule has 0 radical (unpaired) electrons. The van der Waals surface area contributed by atoms with E-state index >= 15 is 4.39 Å². The van der Waals surface area contributed by atoms with Crippen LogP contribution in [0.2, 0.25) is 0 Å². The van der Waals surface area contributed by atoms with E-state index in [2.05, 4.69) is 20.4 Å². The Morgan fingerprint density at radius 2 is 2.25 bits per heavy atom. The summed E-state index contributed by atoms with van der Waals surface area (Å²) in [6.07, 6.45) is 3.33. The summed E-state index contributed by atoms with van der Waals surface area (Å²) < 4.78 is 27.8. The second-order valence-corrected chi connectivity index (χ2v) is 7.70. The van der Waals surface area contributed by atoms with E-state index in [-0.39, 0.29) is 36.7 Å². The summed E-state index contributed by atoms with van der Waals surface area (Å²) in [6.45, 7) is 2.70. The molecule has 11 heteroatoms. The summed E-state index contributed by atoms with van der Waals surface area (Å²) >= 11 is 0. The van der Waals surface area contributed by atoms with Crippen molar-refractivity contribution in [1.82, 2.24) is 24.5 Å². The molecule has 0 aromatic carbocycles. The van der Waals surface area contributed by atoms with E-state index in [1.165, 1.54) is 12.0 Å². The van der Waals surface area contributed by atoms with Gasteiger partial charge in [-0.05, 0) is 31.9 Å². The third-order valence-corrected chi connectivity index (χ3v) is 5.24. The lowest BCUT2D eigenvalue weighted by molar-refractivity contribution is 0.0859. The van der Waals surface area contributed by atoms with Gasteiger partial charge < -0.3 is 24.8 Å². The third kappa shape index (κ3) is 4.57. The van der Waals surface area contributed by atoms with E-state index in [0.29, 0.717) is 24.9 Å². The van der Waals surface area contributed by atoms with Gasteiger partial charge in [0.15, 0.2) is 11.6 Å². The summed E-state index contributed by atoms with van der Waals surface area (Å²) in [7, 11) is 1.53. The number of carbonyl (C=O) groups is 1. The number of hydrogen-bond donors (Lipinski definition) is 2. The minimum absolute atomic E-state index is 0.0397. The molecule has 4 heterocycles. The number of likely N-dealkylation sites (tertiary alicyclic amines) is 1. The van der Waals surface area contributed by atoms with Crippen molar-refractivity contribution in [3.63, 3.8) is 0 Å². The minimum Gasteiger partial charge on any atom is -0.470 e. The van der Waals surface area contributed by atoms with Crippen LogP contribution in [0.25, 0.3) is 16.9 Å². The van der Waals surface area contributed by atoms with E-state index in [0.717, 1.165) is 5.52 Å². The number of anilines is 1. The van der Waals surface area contributed by atoms with Gasteiger partial charge in [0, 0.05) is 32.4 Å². The number of rotatable bonds is 7. The maximum absolute atomic E-state index is 15.3. The quantitative estimate of drug-likeness (QED) is 0.572. The zero-order valence-corrected chi connectivity index (χ0v) is 17.9. The molecule has 32 heavy (non-hydrogen) atoms. The fourth-order valence-corrected chi connectivity index (χ4v) is 3.75. The molecule has 1 aliphatic heterocycles. The predicted molar refractivity (Wildman–Crippen MR) is 114 cm³/mol. The van der Waals surface area contributed by atoms with Crippen molar-refractivity contribution in [3.05, 3.63) is 36.4 Å². The van der Waals surface area contributed by atoms with Crippen molar-refractivity contribution < 1.29 is 23.8 Å². The molecule has 0 spiro atoms. The van der Waals surface area contributed by atoms with Crippen molar-refractivity contribution in [1.29, 1.82) is 0 Å². The molecular weight excluding hydrogens is 419 g/mol. The normalized spacial score (nSPS) is 17.3. The number of nitrogens with one attached hydrogen (secondary N) is 1. The van der Waals surface area contributed by atoms with E-state index in [1.54, 1.807) is 23.8 Å². The molecule has 1 amide bonds. The number of carboxylic acid groups (broad SMARTS) is 1. The first kappa shape index (κ1) is 21.8. The van der Waals surface area contributed by atoms with Crippen LogP contribution >= 0.6 is 0 Å². The Hall–Kier alpha value is -3.47. The van der Waals surface area contributed by atoms with Crippen molar-refractivity contribution in [2.75, 3.05) is 32.1 Å². The molecule has 1 saturated heterocycles. The summed E-state index contributed by atoms with van der Waals surface area (Å²) in [6, 6.07) is 5.29. The Bertz CT molecular complexity index is 1110. The lowest BCUT2D eigenvalue weighted by Gasteiger charge is -2.31. The third-order valence-electron chi connectivity index (χ3n) is 5.24. The van der Waals surface area contributed by atoms with Gasteiger partial charge >= 0.3 is 6.09 Å². The lowest BCUT2D eigenvalue weighted by Crippen LogP contribution is -2.44. The topological polar surface area (TPSA) is 114 Å². The molecule has 3 aromatic rings. The molecule has 0 bridgehead atoms. The lowest BCUT2D eigenvalue weighted by atomic mass is 10.1. The minimum atomic E-state index is -0.996. The Labute approximate surface area is 184 Å². The molecule has 2 atom stereocenters. The van der Waals surface area contributed by atoms with E-state index in [9.17, 15) is 9.90 Å². The van der Waals surface area contributed by atoms with E-state index in [1.807, 2.05) is 18.2 Å². The van der Waals surface area contributed by atoms with Crippen LogP contribution in [0.1, 0.15) is 19.8 Å². The smallest absolute Gasteiger partial charge is 0.407 e. The predicted octanol–water partition coefficient (Wildman–Crippen LogP) is 2.90. The molecular formula is C21H25FN6O4. The second-order valence-electron chi connectivity index (χ2n) is 7.70. The average molecular weight is 444 g/mol. The first-order valence-corrected chi connectivity index (χ1v) is 10.4. The number of halogens is 1. The molecule has 10 nitrogen and oxygen atoms in total. The van der Waals surface area contributed by atoms with Crippen LogP contribution in [0.3, 0.4) is 0 Å². The highest BCUT2D eigenvalue weighted by molar-refractivity contribution is 5.76. The number of ether oxygens (including phenoxy) is 2. The van der Waals surface area contributed by atoms with Gasteiger partial charge in [-0.2, -0.15) is 14.5 Å². The van der Waals surface area contributed by atoms with E-state index in [4.69, 9.17) is 9.47 Å². The number of fused-ring (bicyclic) bond motifs is 1. The van der Waals surface area contributed by atoms with Gasteiger partial charge in [0.1, 0.15) is 6.10 Å². The van der Waals surface area contributed by atoms with Crippen LogP contribution in [-0.4, -0.2) is 74.6 Å². The van der Waals surface area contributed by atoms with Crippen molar-refractivity contribution >= 4 is 17.4 Å². The Morgan fingerprint density at radius 3 is 3.03 bits per heavy atom. The maximum atomic E-state index is 15.3. The van der Waals surface area contributed by atoms with Crippen LogP contribution in [0, 0.1) is 5.82 Å². The number of aromatic nitrogens is 4. The van der Waals surface area contributed by atoms with Crippen molar-refractivity contribution in [3.8, 4) is 17.3 Å². The highest BCUT2D eigenvalue weighted by atomic mass is 19.1. The summed E-state index contributed by atoms with van der Waals surface area (Å²) in [5.41, 5.74) is 1.38. The van der Waals surface area contributed by atoms with Gasteiger partial charge in [-0.15, -0.1) is 0 Å². The van der Waals surface area contributed by atoms with Crippen LogP contribution in [0.4, 0.5) is 15.0 Å². The van der Waals surface area contributed by atoms with Gasteiger partial charge in [0.05, 0.1) is 23.9 Å². The van der Waals surface area contributed by atoms with Gasteiger partial charge in [-0.25, -0.2) is 14.3 Å². The van der Waals surface area contributed by atoms with Gasteiger partial charge in [-0.3, -0.25) is 0 Å². The fraction of sp³-hybridized carbons (Fsp3) is 0.429. The number of piperidine rings is 1. The standard InChI is InChI=1S/C21H25FN6O4/c1-13(12-31-2)32-20-17(22)19(24-14-6-5-8-27(11-14)21(29)30)25-18(26-20)15-10-23-28-9-4-3-7-16(15)28/h3-4,7,9-10,13-14H,5-6,8,11-12H2,1-2H3,(H,29,30)(H,24,25,26)/t13-,14+/m0/s1. The number of nitrogens with zero attached hydrogens (tertiary/aromatic N) is 5. The molecule has 170 valence electrons. The number of pyridine rings is 1. The van der Waals surface area contributed by atoms with Gasteiger partial charge in [-0.1, -0.05) is 6.07 Å². The Kier molecular flexibility index (Phi) is 6.35. The Morgan fingerprint density at radius 1 is 1.41 bits per heavy atom. The first-order valence-electron chi connectivity index (χ1n) is 10.4. The molecule has 0 unspecified atom stereocenters. The largest absolute Gasteiger partial charge is 0.470 e. The molecule has 1 aliphatic rings. The molecule has 0 saturated carbocycles. The van der Waals surface area contributed by atoms with Gasteiger partial charge in [0.25, 0.3) is 5.88 Å². The molecule has 1 fully saturated rings. The highest BCUT2D eigenvalue weighted by Crippen LogP contribution is 2.30. The zero-order chi connectivity index (χ0) is 22.7. The van der Waals surface area contributed by atoms with Crippen LogP contribution in [0.5, 0.6) is 5.88 Å². The van der Waals surface area contributed by atoms with Crippen LogP contribution < -0.4 is 10.1 Å². The monoisotopic (exact) mass is 444 g/mol. The maximum Gasteiger partial charge on any atom is 0.407 e. The van der Waals surface area contributed by atoms with E-state index < -0.39 is 18.0 Å². The molecule has 4 rings (SSSR count). The second kappa shape index (κ2) is 9.35. The summed E-state index contributed by atoms with van der Waals surface area (Å²) in [5, 5.41) is 16.7. The van der Waals surface area contributed by atoms with Gasteiger partial charge in [0.2, 0.25) is 5.82 Å². The summed E-state index contributed by atoms with van der Waals surface area (Å²) in [4.78, 5) is 21.4. The van der Waals surface area contributed by atoms with Crippen LogP contribution in [-0.2, 0) is 4.74 Å². The average Bonchev–Trinajstić information content (AvgIpc) is 3.21. The Balaban J connectivity index is 1.71. The first-order chi connectivity index (χ1) is 15.5. The van der Waals surface area contributed by atoms with Crippen molar-refractivity contribution in [2.24, 2.45) is 0 Å². The fourth-order valence-electron chi connectivity index (χ4n) is 3.75. The molecule has 3 aromatic heterocycles. The van der Waals surface area contributed by atoms with Crippen molar-refractivity contribution in [2.45, 2.75) is 31.9 Å². The number of methoxy groups -OCH3 is 1. The molecule has 0 aliphatic carbocycles. The highest BCUT2D eigenvalue weighted by Gasteiger charge is 2.26. The number of hydrogen-bond acceptors (Lipinski definition) is 7.